The van der Waals surface area contributed by atoms with E-state index >= 15 is 0 Å². The Bertz CT molecular complexity index is 864. The second-order valence-electron chi connectivity index (χ2n) is 14.5. The zero-order valence-corrected chi connectivity index (χ0v) is 32.4. The first-order valence-corrected chi connectivity index (χ1v) is 19.9. The summed E-state index contributed by atoms with van der Waals surface area (Å²) in [5.74, 6) is -1.56. The van der Waals surface area contributed by atoms with Crippen LogP contribution in [0.2, 0.25) is 0 Å². The van der Waals surface area contributed by atoms with Gasteiger partial charge >= 0.3 is 17.9 Å². The average Bonchev–Trinajstić information content (AvgIpc) is 3.05. The summed E-state index contributed by atoms with van der Waals surface area (Å²) in [7, 11) is 5.49. The normalized spacial score (nSPS) is 13.2. The van der Waals surface area contributed by atoms with Crippen LogP contribution in [0.15, 0.2) is 24.3 Å². The monoisotopic (exact) mass is 695 g/mol. The number of carbonyl (C=O) groups excluding carboxylic acids is 2. The average molecular weight is 695 g/mol. The summed E-state index contributed by atoms with van der Waals surface area (Å²) >= 11 is 0. The maximum Gasteiger partial charge on any atom is 0.362 e. The van der Waals surface area contributed by atoms with E-state index in [-0.39, 0.29) is 42.7 Å². The maximum atomic E-state index is 12.5. The van der Waals surface area contributed by atoms with Crippen molar-refractivity contribution in [2.24, 2.45) is 0 Å². The third-order valence-corrected chi connectivity index (χ3v) is 8.88. The second kappa shape index (κ2) is 33.0. The van der Waals surface area contributed by atoms with E-state index in [1.54, 1.807) is 0 Å². The van der Waals surface area contributed by atoms with Gasteiger partial charge in [0.25, 0.3) is 0 Å². The highest BCUT2D eigenvalue weighted by Crippen LogP contribution is 2.15. The van der Waals surface area contributed by atoms with Gasteiger partial charge < -0.3 is 23.8 Å². The Labute approximate surface area is 301 Å². The summed E-state index contributed by atoms with van der Waals surface area (Å²) in [4.78, 5) is 36.6. The number of ether oxygens (including phenoxy) is 3. The van der Waals surface area contributed by atoms with Gasteiger partial charge in [-0.15, -0.1) is 0 Å². The number of unbranched alkanes of at least 4 members (excludes halogenated alkanes) is 17. The van der Waals surface area contributed by atoms with Crippen LogP contribution in [0, 0.1) is 0 Å². The van der Waals surface area contributed by atoms with Crippen LogP contribution in [0.3, 0.4) is 0 Å². The third kappa shape index (κ3) is 31.5. The highest BCUT2D eigenvalue weighted by molar-refractivity contribution is 5.72. The first-order chi connectivity index (χ1) is 23.6. The Morgan fingerprint density at radius 3 is 1.63 bits per heavy atom. The van der Waals surface area contributed by atoms with E-state index in [0.717, 1.165) is 32.1 Å². The number of aliphatic carboxylic acids is 1. The number of carbonyl (C=O) groups is 3. The van der Waals surface area contributed by atoms with E-state index in [4.69, 9.17) is 14.2 Å². The highest BCUT2D eigenvalue weighted by atomic mass is 16.6. The Morgan fingerprint density at radius 2 is 1.14 bits per heavy atom. The Morgan fingerprint density at radius 1 is 0.633 bits per heavy atom. The molecule has 49 heavy (non-hydrogen) atoms. The molecule has 0 saturated carbocycles. The van der Waals surface area contributed by atoms with Gasteiger partial charge in [0.2, 0.25) is 0 Å². The minimum atomic E-state index is -0.883. The molecule has 0 aliphatic carbocycles. The lowest BCUT2D eigenvalue weighted by Gasteiger charge is -2.31. The van der Waals surface area contributed by atoms with Crippen LogP contribution < -0.4 is 0 Å². The highest BCUT2D eigenvalue weighted by Gasteiger charge is 2.31. The fourth-order valence-electron chi connectivity index (χ4n) is 5.80. The lowest BCUT2D eigenvalue weighted by Crippen LogP contribution is -2.50. The van der Waals surface area contributed by atoms with Crippen molar-refractivity contribution in [2.75, 3.05) is 41.0 Å². The molecule has 8 heteroatoms. The van der Waals surface area contributed by atoms with E-state index in [0.29, 0.717) is 19.3 Å². The van der Waals surface area contributed by atoms with E-state index in [1.807, 2.05) is 33.3 Å². The molecule has 0 saturated heterocycles. The van der Waals surface area contributed by atoms with E-state index in [2.05, 4.69) is 26.0 Å². The third-order valence-electron chi connectivity index (χ3n) is 8.88. The van der Waals surface area contributed by atoms with Crippen molar-refractivity contribution < 1.29 is 38.2 Å². The zero-order valence-electron chi connectivity index (χ0n) is 32.4. The van der Waals surface area contributed by atoms with Crippen LogP contribution in [-0.2, 0) is 28.6 Å². The number of rotatable bonds is 35. The predicted molar refractivity (Wildman–Crippen MR) is 202 cm³/mol. The van der Waals surface area contributed by atoms with Gasteiger partial charge in [-0.05, 0) is 25.7 Å². The molecular formula is C41H76NO7+. The molecule has 2 atom stereocenters. The summed E-state index contributed by atoms with van der Waals surface area (Å²) < 4.78 is 17.1. The Balaban J connectivity index is 4.23. The van der Waals surface area contributed by atoms with Crippen molar-refractivity contribution in [3.05, 3.63) is 24.3 Å². The quantitative estimate of drug-likeness (QED) is 0.0305. The van der Waals surface area contributed by atoms with E-state index in [9.17, 15) is 19.5 Å². The van der Waals surface area contributed by atoms with Crippen LogP contribution in [0.1, 0.15) is 168 Å². The first-order valence-electron chi connectivity index (χ1n) is 19.9. The van der Waals surface area contributed by atoms with Gasteiger partial charge in [-0.1, -0.05) is 147 Å². The van der Waals surface area contributed by atoms with Gasteiger partial charge in [-0.25, -0.2) is 4.79 Å². The molecule has 0 radical (unpaired) electrons. The number of nitrogens with zero attached hydrogens (tertiary/aromatic N) is 1. The molecule has 0 aromatic carbocycles. The van der Waals surface area contributed by atoms with Crippen LogP contribution in [0.25, 0.3) is 0 Å². The smallest absolute Gasteiger partial charge is 0.362 e. The molecule has 0 rings (SSSR count). The summed E-state index contributed by atoms with van der Waals surface area (Å²) in [6.45, 7) is 4.53. The summed E-state index contributed by atoms with van der Waals surface area (Å²) in [6, 6.07) is -0.618. The van der Waals surface area contributed by atoms with Crippen LogP contribution in [-0.4, -0.2) is 80.6 Å². The number of hydrogen-bond acceptors (Lipinski definition) is 6. The fraction of sp³-hybridized carbons (Fsp3) is 0.829. The molecule has 2 unspecified atom stereocenters. The van der Waals surface area contributed by atoms with Crippen molar-refractivity contribution >= 4 is 17.9 Å². The van der Waals surface area contributed by atoms with Crippen molar-refractivity contribution in [3.63, 3.8) is 0 Å². The standard InChI is InChI=1S/C41H75NO7/c1-6-8-10-12-14-15-16-17-18-19-20-21-22-23-24-26-27-29-31-39(43)48-36-37(35-47-34-33-38(41(45)46)42(3,4)5)49-40(44)32-30-28-25-13-11-9-7-2/h9,11,25,28,37-38H,6-8,10,12-24,26-27,29-36H2,1-5H3/p+1/b11-9+,28-25+. The molecule has 0 bridgehead atoms. The number of carboxylic acids is 1. The number of esters is 2. The van der Waals surface area contributed by atoms with Crippen LogP contribution >= 0.6 is 0 Å². The summed E-state index contributed by atoms with van der Waals surface area (Å²) in [6.07, 6.45) is 34.1. The van der Waals surface area contributed by atoms with Crippen molar-refractivity contribution in [1.29, 1.82) is 0 Å². The molecule has 0 aliphatic heterocycles. The second-order valence-corrected chi connectivity index (χ2v) is 14.5. The van der Waals surface area contributed by atoms with Crippen molar-refractivity contribution in [1.82, 2.24) is 0 Å². The van der Waals surface area contributed by atoms with Gasteiger partial charge in [-0.2, -0.15) is 0 Å². The van der Waals surface area contributed by atoms with E-state index < -0.39 is 18.1 Å². The molecule has 0 amide bonds. The lowest BCUT2D eigenvalue weighted by atomic mass is 10.0. The molecule has 0 spiro atoms. The molecule has 1 N–H and O–H groups in total. The van der Waals surface area contributed by atoms with Gasteiger partial charge in [0.1, 0.15) is 6.61 Å². The minimum Gasteiger partial charge on any atom is -0.477 e. The van der Waals surface area contributed by atoms with Gasteiger partial charge in [0, 0.05) is 19.3 Å². The molecule has 0 heterocycles. The zero-order chi connectivity index (χ0) is 36.4. The van der Waals surface area contributed by atoms with Crippen LogP contribution in [0.4, 0.5) is 0 Å². The lowest BCUT2D eigenvalue weighted by molar-refractivity contribution is -0.887. The molecular weight excluding hydrogens is 618 g/mol. The van der Waals surface area contributed by atoms with Gasteiger partial charge in [0.05, 0.1) is 34.4 Å². The summed E-state index contributed by atoms with van der Waals surface area (Å²) in [5.41, 5.74) is 0. The number of likely N-dealkylation sites (N-methyl/N-ethyl adjacent to an activating group) is 1. The summed E-state index contributed by atoms with van der Waals surface area (Å²) in [5, 5.41) is 9.56. The van der Waals surface area contributed by atoms with Crippen molar-refractivity contribution in [3.8, 4) is 0 Å². The van der Waals surface area contributed by atoms with Gasteiger partial charge in [0.15, 0.2) is 12.1 Å². The largest absolute Gasteiger partial charge is 0.477 e. The van der Waals surface area contributed by atoms with Crippen LogP contribution in [0.5, 0.6) is 0 Å². The number of allylic oxidation sites excluding steroid dienone is 4. The Hall–Kier alpha value is -2.19. The number of quaternary nitrogens is 1. The first kappa shape index (κ1) is 46.8. The molecule has 8 nitrogen and oxygen atoms in total. The Kier molecular flexibility index (Phi) is 31.5. The number of carboxylic acid groups (broad SMARTS) is 1. The minimum absolute atomic E-state index is 0.0410. The fourth-order valence-corrected chi connectivity index (χ4v) is 5.80. The molecule has 0 fully saturated rings. The molecule has 0 aliphatic rings. The topological polar surface area (TPSA) is 99.1 Å². The molecule has 0 aromatic heterocycles. The van der Waals surface area contributed by atoms with E-state index in [1.165, 1.54) is 96.3 Å². The molecule has 0 aromatic rings. The number of hydrogen-bond donors (Lipinski definition) is 1. The maximum absolute atomic E-state index is 12.5. The van der Waals surface area contributed by atoms with Crippen molar-refractivity contribution in [2.45, 2.75) is 180 Å². The molecule has 286 valence electrons. The van der Waals surface area contributed by atoms with Gasteiger partial charge in [-0.3, -0.25) is 9.59 Å². The predicted octanol–water partition coefficient (Wildman–Crippen LogP) is 10.1. The SMILES string of the molecule is CC/C=C/C/C=C/CCC(=O)OC(COCCC(C(=O)O)[N+](C)(C)C)COC(=O)CCCCCCCCCCCCCCCCCCCC.